The van der Waals surface area contributed by atoms with E-state index >= 15 is 0 Å². The van der Waals surface area contributed by atoms with Crippen LogP contribution in [0.4, 0.5) is 0 Å². The summed E-state index contributed by atoms with van der Waals surface area (Å²) in [6.07, 6.45) is 3.30. The lowest BCUT2D eigenvalue weighted by Gasteiger charge is -2.32. The summed E-state index contributed by atoms with van der Waals surface area (Å²) in [5.41, 5.74) is 1.40. The molecule has 2 heterocycles. The molecule has 112 valence electrons. The van der Waals surface area contributed by atoms with Crippen LogP contribution in [0.2, 0.25) is 0 Å². The van der Waals surface area contributed by atoms with Gasteiger partial charge >= 0.3 is 0 Å². The number of hydrogen-bond acceptors (Lipinski definition) is 3. The number of aryl methyl sites for hydroxylation is 2. The van der Waals surface area contributed by atoms with E-state index in [1.165, 1.54) is 18.4 Å². The van der Waals surface area contributed by atoms with E-state index in [0.29, 0.717) is 6.04 Å². The smallest absolute Gasteiger partial charge is 0.147 e. The summed E-state index contributed by atoms with van der Waals surface area (Å²) in [5.74, 6) is 2.03. The highest BCUT2D eigenvalue weighted by Crippen LogP contribution is 2.24. The van der Waals surface area contributed by atoms with Gasteiger partial charge in [-0.2, -0.15) is 5.10 Å². The molecule has 4 heteroatoms. The Morgan fingerprint density at radius 1 is 1.14 bits per heavy atom. The quantitative estimate of drug-likeness (QED) is 0.865. The number of benzene rings is 1. The molecule has 3 rings (SSSR count). The molecule has 1 aliphatic rings. The number of likely N-dealkylation sites (tertiary alicyclic amines) is 1. The monoisotopic (exact) mass is 284 g/mol. The largest absolute Gasteiger partial charge is 0.299 e. The molecule has 1 fully saturated rings. The van der Waals surface area contributed by atoms with Crippen LogP contribution in [0.25, 0.3) is 0 Å². The van der Waals surface area contributed by atoms with Crippen LogP contribution in [0.5, 0.6) is 0 Å². The van der Waals surface area contributed by atoms with Gasteiger partial charge in [0, 0.05) is 26.1 Å². The maximum atomic E-state index is 4.60. The molecular weight excluding hydrogens is 260 g/mol. The molecule has 0 radical (unpaired) electrons. The van der Waals surface area contributed by atoms with Crippen LogP contribution in [0.15, 0.2) is 30.3 Å². The Balaban J connectivity index is 1.60. The van der Waals surface area contributed by atoms with Crippen LogP contribution in [0.1, 0.15) is 43.0 Å². The predicted molar refractivity (Wildman–Crippen MR) is 84.1 cm³/mol. The fraction of sp³-hybridized carbons (Fsp3) is 0.529. The van der Waals surface area contributed by atoms with Crippen molar-refractivity contribution in [3.63, 3.8) is 0 Å². The molecule has 4 nitrogen and oxygen atoms in total. The number of piperidine rings is 1. The zero-order valence-corrected chi connectivity index (χ0v) is 13.0. The topological polar surface area (TPSA) is 34.0 Å². The van der Waals surface area contributed by atoms with Crippen molar-refractivity contribution in [2.75, 3.05) is 13.1 Å². The summed E-state index contributed by atoms with van der Waals surface area (Å²) in [6.45, 7) is 7.48. The van der Waals surface area contributed by atoms with Crippen LogP contribution < -0.4 is 0 Å². The molecule has 1 aromatic heterocycles. The lowest BCUT2D eigenvalue weighted by molar-refractivity contribution is 0.171. The second-order valence-electron chi connectivity index (χ2n) is 5.87. The van der Waals surface area contributed by atoms with E-state index < -0.39 is 0 Å². The highest BCUT2D eigenvalue weighted by molar-refractivity contribution is 5.14. The number of hydrogen-bond donors (Lipinski definition) is 0. The number of nitrogens with zero attached hydrogens (tertiary/aromatic N) is 4. The van der Waals surface area contributed by atoms with E-state index in [-0.39, 0.29) is 0 Å². The highest BCUT2D eigenvalue weighted by atomic mass is 15.4. The van der Waals surface area contributed by atoms with E-state index in [1.54, 1.807) is 0 Å². The molecule has 0 N–H and O–H groups in total. The van der Waals surface area contributed by atoms with E-state index in [0.717, 1.165) is 37.7 Å². The third-order valence-electron chi connectivity index (χ3n) is 4.28. The molecule has 0 atom stereocenters. The third kappa shape index (κ3) is 3.32. The van der Waals surface area contributed by atoms with Gasteiger partial charge in [-0.3, -0.25) is 4.90 Å². The first kappa shape index (κ1) is 14.3. The van der Waals surface area contributed by atoms with Crippen molar-refractivity contribution in [2.24, 2.45) is 0 Å². The standard InChI is InChI=1S/C17H24N4/c1-3-17-18-14(2)19-21(17)16-9-11-20(12-10-16)13-15-7-5-4-6-8-15/h4-8,16H,3,9-13H2,1-2H3. The Kier molecular flexibility index (Phi) is 4.34. The lowest BCUT2D eigenvalue weighted by Crippen LogP contribution is -2.35. The van der Waals surface area contributed by atoms with Crippen LogP contribution in [-0.4, -0.2) is 32.8 Å². The van der Waals surface area contributed by atoms with Crippen LogP contribution in [0, 0.1) is 6.92 Å². The normalized spacial score (nSPS) is 17.2. The summed E-state index contributed by atoms with van der Waals surface area (Å²) in [6, 6.07) is 11.3. The van der Waals surface area contributed by atoms with Gasteiger partial charge in [-0.1, -0.05) is 37.3 Å². The summed E-state index contributed by atoms with van der Waals surface area (Å²) in [7, 11) is 0. The minimum absolute atomic E-state index is 0.521. The van der Waals surface area contributed by atoms with Crippen molar-refractivity contribution in [2.45, 2.75) is 45.7 Å². The molecule has 0 saturated carbocycles. The van der Waals surface area contributed by atoms with Crippen molar-refractivity contribution in [3.8, 4) is 0 Å². The summed E-state index contributed by atoms with van der Waals surface area (Å²) >= 11 is 0. The first-order chi connectivity index (χ1) is 10.3. The van der Waals surface area contributed by atoms with E-state index in [4.69, 9.17) is 0 Å². The van der Waals surface area contributed by atoms with Gasteiger partial charge in [0.1, 0.15) is 11.6 Å². The van der Waals surface area contributed by atoms with Crippen molar-refractivity contribution >= 4 is 0 Å². The molecule has 0 bridgehead atoms. The van der Waals surface area contributed by atoms with Gasteiger partial charge in [-0.05, 0) is 25.3 Å². The van der Waals surface area contributed by atoms with Gasteiger partial charge in [-0.25, -0.2) is 9.67 Å². The fourth-order valence-corrected chi connectivity index (χ4v) is 3.17. The predicted octanol–water partition coefficient (Wildman–Crippen LogP) is 2.99. The van der Waals surface area contributed by atoms with Crippen molar-refractivity contribution in [3.05, 3.63) is 47.5 Å². The molecular formula is C17H24N4. The Hall–Kier alpha value is -1.68. The Bertz CT molecular complexity index is 568. The SMILES string of the molecule is CCc1nc(C)nn1C1CCN(Cc2ccccc2)CC1. The van der Waals surface area contributed by atoms with Crippen LogP contribution in [-0.2, 0) is 13.0 Å². The van der Waals surface area contributed by atoms with Crippen LogP contribution in [0.3, 0.4) is 0 Å². The molecule has 1 aromatic carbocycles. The van der Waals surface area contributed by atoms with Crippen LogP contribution >= 0.6 is 0 Å². The maximum absolute atomic E-state index is 4.60. The zero-order valence-electron chi connectivity index (χ0n) is 13.0. The van der Waals surface area contributed by atoms with Crippen molar-refractivity contribution < 1.29 is 0 Å². The summed E-state index contributed by atoms with van der Waals surface area (Å²) < 4.78 is 2.18. The van der Waals surface area contributed by atoms with E-state index in [1.807, 2.05) is 6.92 Å². The first-order valence-electron chi connectivity index (χ1n) is 7.94. The number of rotatable bonds is 4. The summed E-state index contributed by atoms with van der Waals surface area (Å²) in [4.78, 5) is 7.07. The molecule has 0 unspecified atom stereocenters. The first-order valence-corrected chi connectivity index (χ1v) is 7.94. The molecule has 1 aliphatic heterocycles. The highest BCUT2D eigenvalue weighted by Gasteiger charge is 2.23. The maximum Gasteiger partial charge on any atom is 0.147 e. The molecule has 21 heavy (non-hydrogen) atoms. The van der Waals surface area contributed by atoms with Crippen molar-refractivity contribution in [1.82, 2.24) is 19.7 Å². The zero-order chi connectivity index (χ0) is 14.7. The summed E-state index contributed by atoms with van der Waals surface area (Å²) in [5, 5.41) is 4.60. The van der Waals surface area contributed by atoms with Gasteiger partial charge in [0.05, 0.1) is 6.04 Å². The average molecular weight is 284 g/mol. The minimum atomic E-state index is 0.521. The van der Waals surface area contributed by atoms with Gasteiger partial charge in [0.2, 0.25) is 0 Å². The Morgan fingerprint density at radius 3 is 2.52 bits per heavy atom. The minimum Gasteiger partial charge on any atom is -0.299 e. The molecule has 0 amide bonds. The van der Waals surface area contributed by atoms with Crippen molar-refractivity contribution in [1.29, 1.82) is 0 Å². The van der Waals surface area contributed by atoms with Gasteiger partial charge in [0.25, 0.3) is 0 Å². The lowest BCUT2D eigenvalue weighted by atomic mass is 10.0. The molecule has 0 spiro atoms. The van der Waals surface area contributed by atoms with Gasteiger partial charge < -0.3 is 0 Å². The van der Waals surface area contributed by atoms with Gasteiger partial charge in [0.15, 0.2) is 0 Å². The Labute approximate surface area is 126 Å². The number of aromatic nitrogens is 3. The van der Waals surface area contributed by atoms with Gasteiger partial charge in [-0.15, -0.1) is 0 Å². The third-order valence-corrected chi connectivity index (χ3v) is 4.28. The average Bonchev–Trinajstić information content (AvgIpc) is 2.90. The fourth-order valence-electron chi connectivity index (χ4n) is 3.17. The molecule has 0 aliphatic carbocycles. The second kappa shape index (κ2) is 6.39. The second-order valence-corrected chi connectivity index (χ2v) is 5.87. The van der Waals surface area contributed by atoms with E-state index in [9.17, 15) is 0 Å². The van der Waals surface area contributed by atoms with E-state index in [2.05, 4.69) is 56.9 Å². The Morgan fingerprint density at radius 2 is 1.86 bits per heavy atom. The molecule has 1 saturated heterocycles. The molecule has 2 aromatic rings.